The summed E-state index contributed by atoms with van der Waals surface area (Å²) >= 11 is 0. The summed E-state index contributed by atoms with van der Waals surface area (Å²) in [6, 6.07) is 4.05. The SMILES string of the molecule is CCN(CC)CCCC(C)Nc1nc(C)cc(C#N)n1. The number of anilines is 1. The Balaban J connectivity index is 2.44. The second-order valence-corrected chi connectivity index (χ2v) is 5.04. The molecule has 5 heteroatoms. The lowest BCUT2D eigenvalue weighted by Gasteiger charge is -2.19. The molecule has 1 unspecified atom stereocenters. The van der Waals surface area contributed by atoms with Crippen LogP contribution in [0.15, 0.2) is 6.07 Å². The molecule has 0 aromatic carbocycles. The van der Waals surface area contributed by atoms with E-state index < -0.39 is 0 Å². The van der Waals surface area contributed by atoms with E-state index in [2.05, 4.69) is 47.0 Å². The first kappa shape index (κ1) is 16.4. The van der Waals surface area contributed by atoms with Gasteiger partial charge in [-0.2, -0.15) is 5.26 Å². The average molecular weight is 275 g/mol. The lowest BCUT2D eigenvalue weighted by molar-refractivity contribution is 0.295. The molecule has 110 valence electrons. The lowest BCUT2D eigenvalue weighted by Crippen LogP contribution is -2.26. The molecule has 0 aliphatic rings. The van der Waals surface area contributed by atoms with E-state index >= 15 is 0 Å². The monoisotopic (exact) mass is 275 g/mol. The molecule has 0 amide bonds. The predicted molar refractivity (Wildman–Crippen MR) is 81.6 cm³/mol. The van der Waals surface area contributed by atoms with Crippen LogP contribution in [0.2, 0.25) is 0 Å². The maximum atomic E-state index is 8.90. The number of aromatic nitrogens is 2. The predicted octanol–water partition coefficient (Wildman–Crippen LogP) is 2.58. The highest BCUT2D eigenvalue weighted by molar-refractivity contribution is 5.33. The minimum Gasteiger partial charge on any atom is -0.352 e. The minimum absolute atomic E-state index is 0.305. The molecular weight excluding hydrogens is 250 g/mol. The standard InChI is InChI=1S/C15H25N5/c1-5-20(6-2)9-7-8-12(3)17-15-18-13(4)10-14(11-16)19-15/h10,12H,5-9H2,1-4H3,(H,17,18,19). The van der Waals surface area contributed by atoms with Gasteiger partial charge in [-0.15, -0.1) is 0 Å². The maximum Gasteiger partial charge on any atom is 0.224 e. The van der Waals surface area contributed by atoms with Gasteiger partial charge in [-0.1, -0.05) is 13.8 Å². The zero-order valence-corrected chi connectivity index (χ0v) is 13.0. The Hall–Kier alpha value is -1.67. The molecule has 0 radical (unpaired) electrons. The van der Waals surface area contributed by atoms with Crippen LogP contribution >= 0.6 is 0 Å². The van der Waals surface area contributed by atoms with Crippen molar-refractivity contribution in [1.82, 2.24) is 14.9 Å². The van der Waals surface area contributed by atoms with E-state index in [9.17, 15) is 0 Å². The Morgan fingerprint density at radius 1 is 1.35 bits per heavy atom. The molecule has 0 fully saturated rings. The van der Waals surface area contributed by atoms with Gasteiger partial charge in [-0.25, -0.2) is 9.97 Å². The Morgan fingerprint density at radius 2 is 2.05 bits per heavy atom. The summed E-state index contributed by atoms with van der Waals surface area (Å²) in [4.78, 5) is 10.9. The molecular formula is C15H25N5. The molecule has 0 aliphatic heterocycles. The summed E-state index contributed by atoms with van der Waals surface area (Å²) in [5, 5.41) is 12.2. The fourth-order valence-electron chi connectivity index (χ4n) is 2.14. The summed E-state index contributed by atoms with van der Waals surface area (Å²) in [7, 11) is 0. The highest BCUT2D eigenvalue weighted by atomic mass is 15.1. The first-order valence-corrected chi connectivity index (χ1v) is 7.33. The van der Waals surface area contributed by atoms with E-state index in [0.29, 0.717) is 17.7 Å². The van der Waals surface area contributed by atoms with E-state index in [0.717, 1.165) is 38.2 Å². The van der Waals surface area contributed by atoms with Crippen LogP contribution in [0.1, 0.15) is 45.0 Å². The molecule has 1 heterocycles. The summed E-state index contributed by atoms with van der Waals surface area (Å²) in [6.45, 7) is 11.7. The van der Waals surface area contributed by atoms with Crippen LogP contribution in [0, 0.1) is 18.3 Å². The third-order valence-corrected chi connectivity index (χ3v) is 3.35. The summed E-state index contributed by atoms with van der Waals surface area (Å²) in [5.41, 5.74) is 1.23. The van der Waals surface area contributed by atoms with Crippen molar-refractivity contribution in [3.05, 3.63) is 17.5 Å². The molecule has 1 rings (SSSR count). The maximum absolute atomic E-state index is 8.90. The molecule has 0 bridgehead atoms. The van der Waals surface area contributed by atoms with Crippen molar-refractivity contribution >= 4 is 5.95 Å². The van der Waals surface area contributed by atoms with E-state index in [1.807, 2.05) is 6.92 Å². The fourth-order valence-corrected chi connectivity index (χ4v) is 2.14. The summed E-state index contributed by atoms with van der Waals surface area (Å²) < 4.78 is 0. The molecule has 20 heavy (non-hydrogen) atoms. The van der Waals surface area contributed by atoms with Crippen molar-refractivity contribution in [3.63, 3.8) is 0 Å². The average Bonchev–Trinajstić information content (AvgIpc) is 2.42. The highest BCUT2D eigenvalue weighted by Gasteiger charge is 2.07. The van der Waals surface area contributed by atoms with E-state index in [4.69, 9.17) is 5.26 Å². The van der Waals surface area contributed by atoms with Crippen LogP contribution in [-0.4, -0.2) is 40.5 Å². The Bertz CT molecular complexity index is 448. The first-order chi connectivity index (χ1) is 9.58. The number of rotatable bonds is 8. The fraction of sp³-hybridized carbons (Fsp3) is 0.667. The number of aryl methyl sites for hydroxylation is 1. The highest BCUT2D eigenvalue weighted by Crippen LogP contribution is 2.08. The summed E-state index contributed by atoms with van der Waals surface area (Å²) in [6.07, 6.45) is 2.21. The van der Waals surface area contributed by atoms with Gasteiger partial charge >= 0.3 is 0 Å². The normalized spacial score (nSPS) is 12.2. The molecule has 1 aromatic heterocycles. The molecule has 0 saturated carbocycles. The van der Waals surface area contributed by atoms with Crippen LogP contribution in [0.25, 0.3) is 0 Å². The van der Waals surface area contributed by atoms with Crippen molar-refractivity contribution < 1.29 is 0 Å². The number of hydrogen-bond acceptors (Lipinski definition) is 5. The van der Waals surface area contributed by atoms with Crippen LogP contribution in [-0.2, 0) is 0 Å². The third kappa shape index (κ3) is 5.54. The number of nitrogens with one attached hydrogen (secondary N) is 1. The van der Waals surface area contributed by atoms with Gasteiger partial charge in [0.2, 0.25) is 5.95 Å². The number of nitrogens with zero attached hydrogens (tertiary/aromatic N) is 4. The minimum atomic E-state index is 0.305. The molecule has 1 N–H and O–H groups in total. The molecule has 1 aromatic rings. The van der Waals surface area contributed by atoms with E-state index in [1.165, 1.54) is 0 Å². The van der Waals surface area contributed by atoms with Gasteiger partial charge in [0.1, 0.15) is 11.8 Å². The van der Waals surface area contributed by atoms with Crippen molar-refractivity contribution in [2.24, 2.45) is 0 Å². The smallest absolute Gasteiger partial charge is 0.224 e. The third-order valence-electron chi connectivity index (χ3n) is 3.35. The quantitative estimate of drug-likeness (QED) is 0.790. The van der Waals surface area contributed by atoms with Crippen molar-refractivity contribution in [2.75, 3.05) is 25.0 Å². The van der Waals surface area contributed by atoms with Crippen molar-refractivity contribution in [1.29, 1.82) is 5.26 Å². The van der Waals surface area contributed by atoms with Gasteiger partial charge < -0.3 is 10.2 Å². The molecule has 0 spiro atoms. The van der Waals surface area contributed by atoms with E-state index in [1.54, 1.807) is 6.07 Å². The van der Waals surface area contributed by atoms with Gasteiger partial charge in [0.05, 0.1) is 0 Å². The second-order valence-electron chi connectivity index (χ2n) is 5.04. The zero-order valence-electron chi connectivity index (χ0n) is 13.0. The number of hydrogen-bond donors (Lipinski definition) is 1. The van der Waals surface area contributed by atoms with Crippen LogP contribution in [0.4, 0.5) is 5.95 Å². The van der Waals surface area contributed by atoms with Gasteiger partial charge in [0.25, 0.3) is 0 Å². The number of nitriles is 1. The molecule has 1 atom stereocenters. The Kier molecular flexibility index (Phi) is 6.96. The van der Waals surface area contributed by atoms with Crippen LogP contribution < -0.4 is 5.32 Å². The zero-order chi connectivity index (χ0) is 15.0. The van der Waals surface area contributed by atoms with Crippen molar-refractivity contribution in [3.8, 4) is 6.07 Å². The van der Waals surface area contributed by atoms with Gasteiger partial charge in [0.15, 0.2) is 0 Å². The Morgan fingerprint density at radius 3 is 2.65 bits per heavy atom. The van der Waals surface area contributed by atoms with Crippen LogP contribution in [0.3, 0.4) is 0 Å². The summed E-state index contributed by atoms with van der Waals surface area (Å²) in [5.74, 6) is 0.553. The second kappa shape index (κ2) is 8.49. The van der Waals surface area contributed by atoms with Crippen molar-refractivity contribution in [2.45, 2.75) is 46.6 Å². The molecule has 0 saturated heterocycles. The topological polar surface area (TPSA) is 64.8 Å². The van der Waals surface area contributed by atoms with E-state index in [-0.39, 0.29) is 0 Å². The van der Waals surface area contributed by atoms with Gasteiger partial charge in [0, 0.05) is 11.7 Å². The molecule has 0 aliphatic carbocycles. The lowest BCUT2D eigenvalue weighted by atomic mass is 10.2. The van der Waals surface area contributed by atoms with Gasteiger partial charge in [-0.3, -0.25) is 0 Å². The largest absolute Gasteiger partial charge is 0.352 e. The first-order valence-electron chi connectivity index (χ1n) is 7.33. The van der Waals surface area contributed by atoms with Crippen LogP contribution in [0.5, 0.6) is 0 Å². The Labute approximate surface area is 122 Å². The molecule has 5 nitrogen and oxygen atoms in total. The van der Waals surface area contributed by atoms with Gasteiger partial charge in [-0.05, 0) is 52.4 Å².